The number of pyridine rings is 1. The molecule has 96 valence electrons. The lowest BCUT2D eigenvalue weighted by atomic mass is 10.1. The molecule has 0 amide bonds. The Kier molecular flexibility index (Phi) is 4.59. The van der Waals surface area contributed by atoms with E-state index in [-0.39, 0.29) is 6.61 Å². The molecule has 3 nitrogen and oxygen atoms in total. The van der Waals surface area contributed by atoms with Gasteiger partial charge >= 0.3 is 0 Å². The van der Waals surface area contributed by atoms with Crippen LogP contribution in [-0.2, 0) is 6.54 Å². The zero-order valence-electron chi connectivity index (χ0n) is 10.6. The zero-order valence-corrected chi connectivity index (χ0v) is 10.6. The summed E-state index contributed by atoms with van der Waals surface area (Å²) in [6.07, 6.45) is 6.74. The molecule has 0 unspecified atom stereocenters. The number of nitrogens with zero attached hydrogens (tertiary/aromatic N) is 1. The predicted octanol–water partition coefficient (Wildman–Crippen LogP) is 1.95. The van der Waals surface area contributed by atoms with E-state index < -0.39 is 0 Å². The monoisotopic (exact) mass is 254 g/mol. The molecule has 2 aromatic rings. The number of carbonyl (C=O) groups is 1. The SMILES string of the molecule is O=Cc1ccc(/C=C/c2cccc[n+]2CCO)cc1. The summed E-state index contributed by atoms with van der Waals surface area (Å²) in [7, 11) is 0. The van der Waals surface area contributed by atoms with E-state index in [2.05, 4.69) is 0 Å². The van der Waals surface area contributed by atoms with Gasteiger partial charge in [-0.2, -0.15) is 4.57 Å². The molecule has 19 heavy (non-hydrogen) atoms. The summed E-state index contributed by atoms with van der Waals surface area (Å²) in [5, 5.41) is 9.01. The number of hydrogen-bond donors (Lipinski definition) is 1. The van der Waals surface area contributed by atoms with Gasteiger partial charge in [0, 0.05) is 23.8 Å². The maximum Gasteiger partial charge on any atom is 0.205 e. The van der Waals surface area contributed by atoms with Gasteiger partial charge in [-0.3, -0.25) is 4.79 Å². The van der Waals surface area contributed by atoms with Gasteiger partial charge in [0.1, 0.15) is 12.9 Å². The summed E-state index contributed by atoms with van der Waals surface area (Å²) in [5.41, 5.74) is 2.73. The number of aliphatic hydroxyl groups excluding tert-OH is 1. The largest absolute Gasteiger partial charge is 0.390 e. The predicted molar refractivity (Wildman–Crippen MR) is 74.5 cm³/mol. The molecule has 1 N–H and O–H groups in total. The second-order valence-corrected chi connectivity index (χ2v) is 4.16. The molecule has 0 saturated carbocycles. The normalized spacial score (nSPS) is 10.8. The average Bonchev–Trinajstić information content (AvgIpc) is 2.47. The molecule has 0 aliphatic heterocycles. The molecule has 2 rings (SSSR count). The van der Waals surface area contributed by atoms with Crippen LogP contribution >= 0.6 is 0 Å². The second kappa shape index (κ2) is 6.61. The van der Waals surface area contributed by atoms with Gasteiger partial charge in [-0.05, 0) is 17.7 Å². The van der Waals surface area contributed by atoms with Crippen molar-refractivity contribution in [2.24, 2.45) is 0 Å². The van der Waals surface area contributed by atoms with Crippen LogP contribution in [0, 0.1) is 0 Å². The molecule has 0 spiro atoms. The van der Waals surface area contributed by atoms with Crippen LogP contribution in [0.2, 0.25) is 0 Å². The third kappa shape index (κ3) is 3.60. The summed E-state index contributed by atoms with van der Waals surface area (Å²) < 4.78 is 1.98. The number of hydrogen-bond acceptors (Lipinski definition) is 2. The van der Waals surface area contributed by atoms with Crippen molar-refractivity contribution in [2.45, 2.75) is 6.54 Å². The summed E-state index contributed by atoms with van der Waals surface area (Å²) in [4.78, 5) is 10.6. The Bertz CT molecular complexity index is 574. The fourth-order valence-electron chi connectivity index (χ4n) is 1.82. The molecule has 0 atom stereocenters. The highest BCUT2D eigenvalue weighted by Crippen LogP contribution is 2.07. The lowest BCUT2D eigenvalue weighted by molar-refractivity contribution is -0.699. The van der Waals surface area contributed by atoms with Crippen LogP contribution in [-0.4, -0.2) is 18.0 Å². The summed E-state index contributed by atoms with van der Waals surface area (Å²) in [6, 6.07) is 13.3. The number of aliphatic hydroxyl groups is 1. The van der Waals surface area contributed by atoms with Crippen LogP contribution in [0.5, 0.6) is 0 Å². The number of benzene rings is 1. The number of rotatable bonds is 5. The number of aromatic nitrogens is 1. The van der Waals surface area contributed by atoms with Gasteiger partial charge in [0.2, 0.25) is 5.69 Å². The summed E-state index contributed by atoms with van der Waals surface area (Å²) >= 11 is 0. The van der Waals surface area contributed by atoms with E-state index in [0.717, 1.165) is 17.5 Å². The number of carbonyl (C=O) groups excluding carboxylic acids is 1. The van der Waals surface area contributed by atoms with Crippen molar-refractivity contribution in [3.05, 3.63) is 65.5 Å². The Labute approximate surface area is 112 Å². The van der Waals surface area contributed by atoms with Crippen molar-refractivity contribution < 1.29 is 14.5 Å². The quantitative estimate of drug-likeness (QED) is 0.654. The van der Waals surface area contributed by atoms with Crippen molar-refractivity contribution >= 4 is 18.4 Å². The van der Waals surface area contributed by atoms with Gasteiger partial charge < -0.3 is 5.11 Å². The zero-order chi connectivity index (χ0) is 13.5. The van der Waals surface area contributed by atoms with Crippen LogP contribution < -0.4 is 4.57 Å². The molecule has 1 heterocycles. The Hall–Kier alpha value is -2.26. The third-order valence-electron chi connectivity index (χ3n) is 2.84. The molecule has 0 fully saturated rings. The highest BCUT2D eigenvalue weighted by atomic mass is 16.3. The molecule has 1 aromatic heterocycles. The van der Waals surface area contributed by atoms with Gasteiger partial charge in [-0.15, -0.1) is 0 Å². The van der Waals surface area contributed by atoms with Crippen LogP contribution in [0.3, 0.4) is 0 Å². The third-order valence-corrected chi connectivity index (χ3v) is 2.84. The summed E-state index contributed by atoms with van der Waals surface area (Å²) in [6.45, 7) is 0.689. The van der Waals surface area contributed by atoms with Crippen molar-refractivity contribution in [3.63, 3.8) is 0 Å². The summed E-state index contributed by atoms with van der Waals surface area (Å²) in [5.74, 6) is 0. The minimum atomic E-state index is 0.115. The standard InChI is InChI=1S/C16H16NO2/c18-12-11-17-10-2-1-3-16(17)9-8-14-4-6-15(13-19)7-5-14/h1-10,13,18H,11-12H2/q+1/b9-8+. The van der Waals surface area contributed by atoms with Crippen LogP contribution in [0.25, 0.3) is 12.2 Å². The van der Waals surface area contributed by atoms with E-state index in [0.29, 0.717) is 12.1 Å². The molecular weight excluding hydrogens is 238 g/mol. The fraction of sp³-hybridized carbons (Fsp3) is 0.125. The molecule has 0 aliphatic carbocycles. The molecule has 3 heteroatoms. The smallest absolute Gasteiger partial charge is 0.205 e. The first-order valence-corrected chi connectivity index (χ1v) is 6.16. The maximum atomic E-state index is 10.6. The minimum absolute atomic E-state index is 0.115. The first-order valence-electron chi connectivity index (χ1n) is 6.16. The first-order chi connectivity index (χ1) is 9.33. The van der Waals surface area contributed by atoms with Crippen LogP contribution in [0.1, 0.15) is 21.6 Å². The molecule has 0 radical (unpaired) electrons. The molecule has 0 saturated heterocycles. The van der Waals surface area contributed by atoms with Gasteiger partial charge in [0.15, 0.2) is 12.7 Å². The molecule has 1 aromatic carbocycles. The van der Waals surface area contributed by atoms with Crippen LogP contribution in [0.4, 0.5) is 0 Å². The Morgan fingerprint density at radius 2 is 1.74 bits per heavy atom. The molecule has 0 aliphatic rings. The van der Waals surface area contributed by atoms with Gasteiger partial charge in [0.05, 0.1) is 0 Å². The highest BCUT2D eigenvalue weighted by Gasteiger charge is 2.04. The molecular formula is C16H16NO2+. The Balaban J connectivity index is 2.19. The topological polar surface area (TPSA) is 41.2 Å². The van der Waals surface area contributed by atoms with Crippen molar-refractivity contribution in [1.29, 1.82) is 0 Å². The van der Waals surface area contributed by atoms with Crippen molar-refractivity contribution in [3.8, 4) is 0 Å². The minimum Gasteiger partial charge on any atom is -0.390 e. The van der Waals surface area contributed by atoms with E-state index >= 15 is 0 Å². The highest BCUT2D eigenvalue weighted by molar-refractivity contribution is 5.76. The average molecular weight is 254 g/mol. The lowest BCUT2D eigenvalue weighted by Crippen LogP contribution is -2.38. The lowest BCUT2D eigenvalue weighted by Gasteiger charge is -1.98. The second-order valence-electron chi connectivity index (χ2n) is 4.16. The van der Waals surface area contributed by atoms with Crippen molar-refractivity contribution in [1.82, 2.24) is 0 Å². The van der Waals surface area contributed by atoms with E-state index in [1.165, 1.54) is 0 Å². The maximum absolute atomic E-state index is 10.6. The van der Waals surface area contributed by atoms with E-state index in [9.17, 15) is 4.79 Å². The Morgan fingerprint density at radius 1 is 1.00 bits per heavy atom. The van der Waals surface area contributed by atoms with Gasteiger partial charge in [-0.1, -0.05) is 24.3 Å². The van der Waals surface area contributed by atoms with Crippen molar-refractivity contribution in [2.75, 3.05) is 6.61 Å². The van der Waals surface area contributed by atoms with E-state index in [1.54, 1.807) is 12.1 Å². The number of aldehydes is 1. The van der Waals surface area contributed by atoms with E-state index in [1.807, 2.05) is 53.2 Å². The van der Waals surface area contributed by atoms with E-state index in [4.69, 9.17) is 5.11 Å². The first kappa shape index (κ1) is 13.2. The fourth-order valence-corrected chi connectivity index (χ4v) is 1.82. The van der Waals surface area contributed by atoms with Crippen LogP contribution in [0.15, 0.2) is 48.7 Å². The van der Waals surface area contributed by atoms with Gasteiger partial charge in [0.25, 0.3) is 0 Å². The van der Waals surface area contributed by atoms with Gasteiger partial charge in [-0.25, -0.2) is 0 Å². The Morgan fingerprint density at radius 3 is 2.42 bits per heavy atom. The molecule has 0 bridgehead atoms.